The maximum atomic E-state index is 13.5. The molecule has 0 saturated carbocycles. The van der Waals surface area contributed by atoms with E-state index in [0.717, 1.165) is 37.3 Å². The third-order valence-electron chi connectivity index (χ3n) is 4.54. The largest absolute Gasteiger partial charge is 0.368 e. The summed E-state index contributed by atoms with van der Waals surface area (Å²) in [5.41, 5.74) is 7.59. The zero-order valence-electron chi connectivity index (χ0n) is 15.1. The molecule has 2 aromatic carbocycles. The Kier molecular flexibility index (Phi) is 6.26. The number of likely N-dealkylation sites (tertiary alicyclic amines) is 1. The number of rotatable bonds is 3. The number of hydrogen-bond acceptors (Lipinski definition) is 6. The van der Waals surface area contributed by atoms with Crippen molar-refractivity contribution in [2.45, 2.75) is 19.1 Å². The second-order valence-electron chi connectivity index (χ2n) is 6.47. The van der Waals surface area contributed by atoms with Crippen molar-refractivity contribution in [1.29, 1.82) is 0 Å². The molecule has 4 rings (SSSR count). The molecule has 1 unspecified atom stereocenters. The van der Waals surface area contributed by atoms with Gasteiger partial charge in [-0.05, 0) is 55.3 Å². The molecule has 148 valence electrons. The van der Waals surface area contributed by atoms with E-state index in [4.69, 9.17) is 17.3 Å². The van der Waals surface area contributed by atoms with E-state index in [0.29, 0.717) is 11.0 Å². The summed E-state index contributed by atoms with van der Waals surface area (Å²) in [5.74, 6) is 0.624. The first-order chi connectivity index (χ1) is 13.1. The molecular formula is C19H21Cl2FN6. The van der Waals surface area contributed by atoms with Crippen molar-refractivity contribution in [3.05, 3.63) is 59.4 Å². The van der Waals surface area contributed by atoms with Gasteiger partial charge in [-0.3, -0.25) is 4.90 Å². The van der Waals surface area contributed by atoms with Crippen LogP contribution >= 0.6 is 24.0 Å². The number of hydrogen-bond donors (Lipinski definition) is 2. The van der Waals surface area contributed by atoms with E-state index in [9.17, 15) is 4.39 Å². The van der Waals surface area contributed by atoms with Gasteiger partial charge in [-0.15, -0.1) is 12.4 Å². The summed E-state index contributed by atoms with van der Waals surface area (Å²) in [5, 5.41) is 3.96. The molecule has 2 aliphatic rings. The molecule has 0 aliphatic carbocycles. The fourth-order valence-corrected chi connectivity index (χ4v) is 3.49. The lowest BCUT2D eigenvalue weighted by atomic mass is 10.2. The van der Waals surface area contributed by atoms with Crippen molar-refractivity contribution in [2.75, 3.05) is 23.3 Å². The third-order valence-corrected chi connectivity index (χ3v) is 4.78. The number of anilines is 2. The number of nitrogens with zero attached hydrogens (tertiary/aromatic N) is 4. The Morgan fingerprint density at radius 3 is 2.50 bits per heavy atom. The number of nitrogens with one attached hydrogen (secondary N) is 1. The SMILES string of the molecule is Cl.NC1=NC(Nc2cccc(Cl)c2)N(c2ccc(F)cc2)C(N2CCCC2)=N1. The molecule has 2 aliphatic heterocycles. The van der Waals surface area contributed by atoms with Crippen LogP contribution < -0.4 is 16.0 Å². The second-order valence-corrected chi connectivity index (χ2v) is 6.90. The molecule has 28 heavy (non-hydrogen) atoms. The minimum atomic E-state index is -0.526. The van der Waals surface area contributed by atoms with Crippen molar-refractivity contribution >= 4 is 47.3 Å². The van der Waals surface area contributed by atoms with Crippen LogP contribution in [-0.4, -0.2) is 36.2 Å². The molecule has 0 spiro atoms. The van der Waals surface area contributed by atoms with Gasteiger partial charge in [-0.2, -0.15) is 4.99 Å². The average molecular weight is 423 g/mol. The Hall–Kier alpha value is -2.51. The van der Waals surface area contributed by atoms with Crippen LogP contribution in [0, 0.1) is 5.82 Å². The summed E-state index contributed by atoms with van der Waals surface area (Å²) >= 11 is 6.11. The molecule has 1 atom stereocenters. The van der Waals surface area contributed by atoms with E-state index < -0.39 is 6.29 Å². The highest BCUT2D eigenvalue weighted by molar-refractivity contribution is 6.30. The fraction of sp³-hybridized carbons (Fsp3) is 0.263. The van der Waals surface area contributed by atoms with E-state index in [-0.39, 0.29) is 24.2 Å². The van der Waals surface area contributed by atoms with Gasteiger partial charge in [0.25, 0.3) is 0 Å². The summed E-state index contributed by atoms with van der Waals surface area (Å²) < 4.78 is 13.5. The Morgan fingerprint density at radius 1 is 1.11 bits per heavy atom. The second kappa shape index (κ2) is 8.67. The molecule has 0 radical (unpaired) electrons. The first kappa shape index (κ1) is 20.2. The minimum absolute atomic E-state index is 0. The van der Waals surface area contributed by atoms with Crippen molar-refractivity contribution < 1.29 is 4.39 Å². The number of benzene rings is 2. The van der Waals surface area contributed by atoms with Gasteiger partial charge in [0.2, 0.25) is 18.2 Å². The quantitative estimate of drug-likeness (QED) is 0.786. The highest BCUT2D eigenvalue weighted by Gasteiger charge is 2.32. The van der Waals surface area contributed by atoms with Gasteiger partial charge in [0.1, 0.15) is 5.82 Å². The molecule has 2 heterocycles. The number of nitrogens with two attached hydrogens (primary N) is 1. The highest BCUT2D eigenvalue weighted by Crippen LogP contribution is 2.26. The summed E-state index contributed by atoms with van der Waals surface area (Å²) in [4.78, 5) is 13.1. The maximum Gasteiger partial charge on any atom is 0.222 e. The first-order valence-electron chi connectivity index (χ1n) is 8.84. The summed E-state index contributed by atoms with van der Waals surface area (Å²) in [6.45, 7) is 1.79. The van der Waals surface area contributed by atoms with Gasteiger partial charge >= 0.3 is 0 Å². The lowest BCUT2D eigenvalue weighted by molar-refractivity contribution is 0.497. The maximum absolute atomic E-state index is 13.5. The molecule has 1 saturated heterocycles. The van der Waals surface area contributed by atoms with Crippen LogP contribution in [-0.2, 0) is 0 Å². The van der Waals surface area contributed by atoms with Gasteiger partial charge in [0.05, 0.1) is 0 Å². The van der Waals surface area contributed by atoms with Crippen LogP contribution in [0.5, 0.6) is 0 Å². The molecule has 9 heteroatoms. The van der Waals surface area contributed by atoms with Gasteiger partial charge in [-0.1, -0.05) is 17.7 Å². The van der Waals surface area contributed by atoms with Crippen LogP contribution in [0.4, 0.5) is 15.8 Å². The third kappa shape index (κ3) is 4.31. The topological polar surface area (TPSA) is 69.2 Å². The predicted molar refractivity (Wildman–Crippen MR) is 115 cm³/mol. The number of halogens is 3. The molecule has 2 aromatic rings. The Balaban J connectivity index is 0.00000225. The first-order valence-corrected chi connectivity index (χ1v) is 9.22. The van der Waals surface area contributed by atoms with Gasteiger partial charge < -0.3 is 16.0 Å². The average Bonchev–Trinajstić information content (AvgIpc) is 3.17. The summed E-state index contributed by atoms with van der Waals surface area (Å²) in [6, 6.07) is 13.7. The van der Waals surface area contributed by atoms with Crippen LogP contribution in [0.3, 0.4) is 0 Å². The van der Waals surface area contributed by atoms with Crippen molar-refractivity contribution in [3.63, 3.8) is 0 Å². The molecule has 0 aromatic heterocycles. The molecular weight excluding hydrogens is 402 g/mol. The zero-order valence-corrected chi connectivity index (χ0v) is 16.6. The molecule has 1 fully saturated rings. The molecule has 0 bridgehead atoms. The predicted octanol–water partition coefficient (Wildman–Crippen LogP) is 3.88. The van der Waals surface area contributed by atoms with Crippen molar-refractivity contribution in [2.24, 2.45) is 15.7 Å². The Labute approximate surface area is 174 Å². The van der Waals surface area contributed by atoms with Gasteiger partial charge in [0.15, 0.2) is 0 Å². The van der Waals surface area contributed by atoms with Crippen LogP contribution in [0.25, 0.3) is 0 Å². The normalized spacial score (nSPS) is 19.0. The lowest BCUT2D eigenvalue weighted by Crippen LogP contribution is -2.54. The number of aliphatic imine (C=N–C) groups is 2. The Bertz CT molecular complexity index is 880. The Morgan fingerprint density at radius 2 is 1.82 bits per heavy atom. The van der Waals surface area contributed by atoms with E-state index >= 15 is 0 Å². The lowest BCUT2D eigenvalue weighted by Gasteiger charge is -2.38. The van der Waals surface area contributed by atoms with Gasteiger partial charge in [0, 0.05) is 29.5 Å². The molecule has 6 nitrogen and oxygen atoms in total. The van der Waals surface area contributed by atoms with E-state index in [2.05, 4.69) is 20.2 Å². The summed E-state index contributed by atoms with van der Waals surface area (Å²) in [6.07, 6.45) is 1.67. The molecule has 3 N–H and O–H groups in total. The molecule has 0 amide bonds. The van der Waals surface area contributed by atoms with E-state index in [1.54, 1.807) is 18.2 Å². The van der Waals surface area contributed by atoms with Crippen molar-refractivity contribution in [3.8, 4) is 0 Å². The fourth-order valence-electron chi connectivity index (χ4n) is 3.30. The highest BCUT2D eigenvalue weighted by atomic mass is 35.5. The smallest absolute Gasteiger partial charge is 0.222 e. The van der Waals surface area contributed by atoms with Crippen LogP contribution in [0.1, 0.15) is 12.8 Å². The summed E-state index contributed by atoms with van der Waals surface area (Å²) in [7, 11) is 0. The van der Waals surface area contributed by atoms with E-state index in [1.807, 2.05) is 23.1 Å². The van der Waals surface area contributed by atoms with Crippen LogP contribution in [0.15, 0.2) is 58.5 Å². The monoisotopic (exact) mass is 422 g/mol. The number of guanidine groups is 2. The minimum Gasteiger partial charge on any atom is -0.368 e. The van der Waals surface area contributed by atoms with Crippen LogP contribution in [0.2, 0.25) is 5.02 Å². The van der Waals surface area contributed by atoms with E-state index in [1.165, 1.54) is 12.1 Å². The zero-order chi connectivity index (χ0) is 18.8. The van der Waals surface area contributed by atoms with Crippen molar-refractivity contribution in [1.82, 2.24) is 4.90 Å². The van der Waals surface area contributed by atoms with Gasteiger partial charge in [-0.25, -0.2) is 9.38 Å². The standard InChI is InChI=1S/C19H20ClFN6.ClH/c20-13-4-3-5-15(12-13)23-18-24-17(22)25-19(26-10-1-2-11-26)27(18)16-8-6-14(21)7-9-16;/h3-9,12,18,23H,1-2,10-11H2,(H2,22,24);1H.